The Kier molecular flexibility index (Phi) is 4.09. The van der Waals surface area contributed by atoms with E-state index in [-0.39, 0.29) is 12.5 Å². The van der Waals surface area contributed by atoms with Crippen LogP contribution < -0.4 is 0 Å². The Balaban J connectivity index is 2.09. The number of carbonyl (C=O) groups is 1. The second kappa shape index (κ2) is 6.05. The van der Waals surface area contributed by atoms with Gasteiger partial charge in [-0.2, -0.15) is 0 Å². The molecule has 2 aromatic heterocycles. The molecule has 2 heterocycles. The predicted molar refractivity (Wildman–Crippen MR) is 93.6 cm³/mol. The van der Waals surface area contributed by atoms with Gasteiger partial charge in [-0.05, 0) is 18.6 Å². The topological polar surface area (TPSA) is 38.1 Å². The number of likely N-dealkylation sites (N-methyl/N-ethyl adjacent to an activating group) is 1. The van der Waals surface area contributed by atoms with E-state index in [9.17, 15) is 4.79 Å². The standard InChI is InChI=1S/C18H18ClN3O/c1-12-5-4-6-13(7-12)14-8-16-18(20-9-14)15(19)10-22(16)11-17(23)21(2)3/h4-10H,11H2,1-3H3. The quantitative estimate of drug-likeness (QED) is 0.734. The minimum Gasteiger partial charge on any atom is -0.347 e. The Bertz CT molecular complexity index is 883. The van der Waals surface area contributed by atoms with Gasteiger partial charge in [0.2, 0.25) is 5.91 Å². The van der Waals surface area contributed by atoms with Crippen LogP contribution in [0, 0.1) is 6.92 Å². The molecule has 0 fully saturated rings. The summed E-state index contributed by atoms with van der Waals surface area (Å²) < 4.78 is 1.85. The summed E-state index contributed by atoms with van der Waals surface area (Å²) in [5, 5.41) is 0.558. The lowest BCUT2D eigenvalue weighted by Crippen LogP contribution is -2.25. The molecule has 0 aliphatic rings. The predicted octanol–water partition coefficient (Wildman–Crippen LogP) is 3.75. The maximum Gasteiger partial charge on any atom is 0.241 e. The zero-order valence-corrected chi connectivity index (χ0v) is 14.1. The highest BCUT2D eigenvalue weighted by Gasteiger charge is 2.13. The zero-order chi connectivity index (χ0) is 16.6. The van der Waals surface area contributed by atoms with E-state index >= 15 is 0 Å². The first-order chi connectivity index (χ1) is 11.0. The molecule has 118 valence electrons. The van der Waals surface area contributed by atoms with Crippen LogP contribution in [0.5, 0.6) is 0 Å². The van der Waals surface area contributed by atoms with Crippen LogP contribution in [0.4, 0.5) is 0 Å². The third kappa shape index (κ3) is 3.08. The molecule has 0 bridgehead atoms. The number of rotatable bonds is 3. The molecule has 3 aromatic rings. The lowest BCUT2D eigenvalue weighted by Gasteiger charge is -2.12. The van der Waals surface area contributed by atoms with Crippen molar-refractivity contribution < 1.29 is 4.79 Å². The molecule has 0 saturated carbocycles. The minimum absolute atomic E-state index is 0.0134. The van der Waals surface area contributed by atoms with Crippen LogP contribution in [0.1, 0.15) is 5.56 Å². The van der Waals surface area contributed by atoms with Crippen LogP contribution in [0.2, 0.25) is 5.02 Å². The van der Waals surface area contributed by atoms with Gasteiger partial charge in [-0.1, -0.05) is 41.4 Å². The molecular formula is C18H18ClN3O. The third-order valence-electron chi connectivity index (χ3n) is 3.83. The highest BCUT2D eigenvalue weighted by molar-refractivity contribution is 6.35. The van der Waals surface area contributed by atoms with Gasteiger partial charge in [-0.25, -0.2) is 0 Å². The van der Waals surface area contributed by atoms with Gasteiger partial charge in [0, 0.05) is 32.1 Å². The van der Waals surface area contributed by atoms with Gasteiger partial charge in [0.05, 0.1) is 10.5 Å². The van der Waals surface area contributed by atoms with Crippen molar-refractivity contribution in [2.45, 2.75) is 13.5 Å². The number of amides is 1. The third-order valence-corrected chi connectivity index (χ3v) is 4.10. The Labute approximate surface area is 140 Å². The lowest BCUT2D eigenvalue weighted by atomic mass is 10.1. The second-order valence-corrected chi connectivity index (χ2v) is 6.26. The van der Waals surface area contributed by atoms with E-state index in [1.807, 2.05) is 22.9 Å². The van der Waals surface area contributed by atoms with Crippen molar-refractivity contribution in [3.05, 3.63) is 53.3 Å². The van der Waals surface area contributed by atoms with Gasteiger partial charge in [-0.15, -0.1) is 0 Å². The Morgan fingerprint density at radius 2 is 2.04 bits per heavy atom. The highest BCUT2D eigenvalue weighted by Crippen LogP contribution is 2.28. The molecule has 5 heteroatoms. The number of halogens is 1. The fourth-order valence-corrected chi connectivity index (χ4v) is 2.79. The number of hydrogen-bond donors (Lipinski definition) is 0. The molecule has 1 aromatic carbocycles. The molecule has 0 N–H and O–H groups in total. The van der Waals surface area contributed by atoms with Gasteiger partial charge >= 0.3 is 0 Å². The van der Waals surface area contributed by atoms with Crippen molar-refractivity contribution in [3.8, 4) is 11.1 Å². The summed E-state index contributed by atoms with van der Waals surface area (Å²) in [7, 11) is 3.48. The number of hydrogen-bond acceptors (Lipinski definition) is 2. The van der Waals surface area contributed by atoms with Crippen molar-refractivity contribution in [2.24, 2.45) is 0 Å². The SMILES string of the molecule is Cc1cccc(-c2cnc3c(Cl)cn(CC(=O)N(C)C)c3c2)c1. The molecular weight excluding hydrogens is 310 g/mol. The number of carbonyl (C=O) groups excluding carboxylic acids is 1. The molecule has 0 radical (unpaired) electrons. The maximum absolute atomic E-state index is 12.0. The molecule has 1 amide bonds. The monoisotopic (exact) mass is 327 g/mol. The summed E-state index contributed by atoms with van der Waals surface area (Å²) in [5.41, 5.74) is 4.88. The van der Waals surface area contributed by atoms with Crippen LogP contribution in [-0.2, 0) is 11.3 Å². The fourth-order valence-electron chi connectivity index (χ4n) is 2.52. The first-order valence-electron chi connectivity index (χ1n) is 7.37. The maximum atomic E-state index is 12.0. The van der Waals surface area contributed by atoms with Crippen molar-refractivity contribution >= 4 is 28.5 Å². The van der Waals surface area contributed by atoms with Crippen molar-refractivity contribution in [1.82, 2.24) is 14.5 Å². The number of nitrogens with zero attached hydrogens (tertiary/aromatic N) is 3. The summed E-state index contributed by atoms with van der Waals surface area (Å²) in [6.07, 6.45) is 3.59. The van der Waals surface area contributed by atoms with Crippen molar-refractivity contribution in [1.29, 1.82) is 0 Å². The van der Waals surface area contributed by atoms with Gasteiger partial charge in [0.15, 0.2) is 0 Å². The first kappa shape index (κ1) is 15.6. The molecule has 0 spiro atoms. The van der Waals surface area contributed by atoms with E-state index in [1.165, 1.54) is 5.56 Å². The molecule has 3 rings (SSSR count). The van der Waals surface area contributed by atoms with Crippen molar-refractivity contribution in [2.75, 3.05) is 14.1 Å². The minimum atomic E-state index is 0.0134. The van der Waals surface area contributed by atoms with Crippen molar-refractivity contribution in [3.63, 3.8) is 0 Å². The van der Waals surface area contributed by atoms with E-state index in [0.717, 1.165) is 22.2 Å². The smallest absolute Gasteiger partial charge is 0.241 e. The largest absolute Gasteiger partial charge is 0.347 e. The number of aromatic nitrogens is 2. The Hall–Kier alpha value is -2.33. The van der Waals surface area contributed by atoms with Gasteiger partial charge in [0.1, 0.15) is 12.1 Å². The van der Waals surface area contributed by atoms with Crippen LogP contribution in [0.15, 0.2) is 42.7 Å². The number of fused-ring (bicyclic) bond motifs is 1. The first-order valence-corrected chi connectivity index (χ1v) is 7.75. The Morgan fingerprint density at radius 1 is 1.26 bits per heavy atom. The summed E-state index contributed by atoms with van der Waals surface area (Å²) in [5.74, 6) is 0.0134. The van der Waals surface area contributed by atoms with Crippen LogP contribution in [0.3, 0.4) is 0 Å². The second-order valence-electron chi connectivity index (χ2n) is 5.85. The number of pyridine rings is 1. The molecule has 0 atom stereocenters. The molecule has 0 aliphatic carbocycles. The van der Waals surface area contributed by atoms with Gasteiger partial charge < -0.3 is 9.47 Å². The van der Waals surface area contributed by atoms with E-state index < -0.39 is 0 Å². The zero-order valence-electron chi connectivity index (χ0n) is 13.4. The van der Waals surface area contributed by atoms with Crippen LogP contribution >= 0.6 is 11.6 Å². The summed E-state index contributed by atoms with van der Waals surface area (Å²) in [6, 6.07) is 10.3. The lowest BCUT2D eigenvalue weighted by molar-refractivity contribution is -0.129. The van der Waals surface area contributed by atoms with Crippen LogP contribution in [0.25, 0.3) is 22.2 Å². The molecule has 0 saturated heterocycles. The highest BCUT2D eigenvalue weighted by atomic mass is 35.5. The number of aryl methyl sites for hydroxylation is 1. The number of benzene rings is 1. The molecule has 0 unspecified atom stereocenters. The van der Waals surface area contributed by atoms with E-state index in [0.29, 0.717) is 5.02 Å². The van der Waals surface area contributed by atoms with E-state index in [1.54, 1.807) is 25.2 Å². The summed E-state index contributed by atoms with van der Waals surface area (Å²) in [6.45, 7) is 2.31. The Morgan fingerprint density at radius 3 is 2.74 bits per heavy atom. The average molecular weight is 328 g/mol. The normalized spacial score (nSPS) is 11.0. The van der Waals surface area contributed by atoms with E-state index in [4.69, 9.17) is 11.6 Å². The molecule has 4 nitrogen and oxygen atoms in total. The fraction of sp³-hybridized carbons (Fsp3) is 0.222. The molecule has 23 heavy (non-hydrogen) atoms. The van der Waals surface area contributed by atoms with Gasteiger partial charge in [-0.3, -0.25) is 9.78 Å². The van der Waals surface area contributed by atoms with E-state index in [2.05, 4.69) is 30.1 Å². The van der Waals surface area contributed by atoms with Gasteiger partial charge in [0.25, 0.3) is 0 Å². The summed E-state index contributed by atoms with van der Waals surface area (Å²) >= 11 is 6.26. The molecule has 0 aliphatic heterocycles. The van der Waals surface area contributed by atoms with Crippen LogP contribution in [-0.4, -0.2) is 34.5 Å². The average Bonchev–Trinajstić information content (AvgIpc) is 2.83. The summed E-state index contributed by atoms with van der Waals surface area (Å²) in [4.78, 5) is 18.1.